The number of nitrogens with zero attached hydrogens (tertiary/aromatic N) is 3. The van der Waals surface area contributed by atoms with Gasteiger partial charge in [0.1, 0.15) is 17.6 Å². The van der Waals surface area contributed by atoms with Crippen LogP contribution in [-0.4, -0.2) is 19.8 Å². The molecule has 0 spiro atoms. The monoisotopic (exact) mass is 252 g/mol. The molecule has 6 heteroatoms. The van der Waals surface area contributed by atoms with Crippen LogP contribution in [0.5, 0.6) is 0 Å². The maximum atomic E-state index is 6.11. The van der Waals surface area contributed by atoms with E-state index in [0.717, 1.165) is 11.1 Å². The second kappa shape index (κ2) is 4.59. The fourth-order valence-corrected chi connectivity index (χ4v) is 1.68. The van der Waals surface area contributed by atoms with E-state index in [2.05, 4.69) is 10.1 Å². The fraction of sp³-hybridized carbons (Fsp3) is 0.100. The van der Waals surface area contributed by atoms with E-state index in [1.165, 1.54) is 6.33 Å². The molecule has 4 nitrogen and oxygen atoms in total. The van der Waals surface area contributed by atoms with Gasteiger partial charge in [0.25, 0.3) is 0 Å². The molecule has 16 heavy (non-hydrogen) atoms. The lowest BCUT2D eigenvalue weighted by atomic mass is 10.1. The lowest BCUT2D eigenvalue weighted by Gasteiger charge is -2.06. The van der Waals surface area contributed by atoms with E-state index in [4.69, 9.17) is 29.6 Å². The molecule has 0 aliphatic carbocycles. The molecule has 2 rings (SSSR count). The molecule has 0 unspecified atom stereocenters. The molecule has 1 aromatic heterocycles. The highest BCUT2D eigenvalue weighted by Gasteiger charge is 2.04. The smallest absolute Gasteiger partial charge is 0.137 e. The second-order valence-electron chi connectivity index (χ2n) is 3.26. The molecular formula is C10H9ClN4S. The summed E-state index contributed by atoms with van der Waals surface area (Å²) in [6, 6.07) is 5.50. The van der Waals surface area contributed by atoms with Crippen molar-refractivity contribution >= 4 is 28.8 Å². The highest BCUT2D eigenvalue weighted by molar-refractivity contribution is 7.80. The van der Waals surface area contributed by atoms with Crippen molar-refractivity contribution in [2.75, 3.05) is 0 Å². The van der Waals surface area contributed by atoms with E-state index in [9.17, 15) is 0 Å². The van der Waals surface area contributed by atoms with Crippen LogP contribution >= 0.6 is 23.8 Å². The summed E-state index contributed by atoms with van der Waals surface area (Å²) in [5.74, 6) is 0. The van der Waals surface area contributed by atoms with Gasteiger partial charge < -0.3 is 5.73 Å². The normalized spacial score (nSPS) is 10.3. The zero-order chi connectivity index (χ0) is 11.5. The van der Waals surface area contributed by atoms with Crippen LogP contribution in [0.4, 0.5) is 0 Å². The summed E-state index contributed by atoms with van der Waals surface area (Å²) in [5, 5.41) is 4.63. The zero-order valence-electron chi connectivity index (χ0n) is 8.30. The van der Waals surface area contributed by atoms with Crippen LogP contribution in [0.1, 0.15) is 11.1 Å². The van der Waals surface area contributed by atoms with E-state index < -0.39 is 0 Å². The Labute approximate surface area is 103 Å². The van der Waals surface area contributed by atoms with Crippen LogP contribution in [0.3, 0.4) is 0 Å². The van der Waals surface area contributed by atoms with Crippen LogP contribution < -0.4 is 5.73 Å². The van der Waals surface area contributed by atoms with Gasteiger partial charge in [-0.2, -0.15) is 5.10 Å². The number of rotatable bonds is 3. The fourth-order valence-electron chi connectivity index (χ4n) is 1.32. The van der Waals surface area contributed by atoms with Gasteiger partial charge in [0.15, 0.2) is 0 Å². The van der Waals surface area contributed by atoms with Crippen molar-refractivity contribution in [1.82, 2.24) is 14.8 Å². The summed E-state index contributed by atoms with van der Waals surface area (Å²) in [6.07, 6.45) is 3.12. The molecule has 2 aromatic rings. The highest BCUT2D eigenvalue weighted by atomic mass is 35.5. The third kappa shape index (κ3) is 2.37. The molecular weight excluding hydrogens is 244 g/mol. The summed E-state index contributed by atoms with van der Waals surface area (Å²) >= 11 is 11.0. The first-order valence-electron chi connectivity index (χ1n) is 4.57. The van der Waals surface area contributed by atoms with Crippen molar-refractivity contribution in [1.29, 1.82) is 0 Å². The predicted octanol–water partition coefficient (Wildman–Crippen LogP) is 1.61. The van der Waals surface area contributed by atoms with Crippen LogP contribution in [0.2, 0.25) is 5.02 Å². The summed E-state index contributed by atoms with van der Waals surface area (Å²) in [7, 11) is 0. The molecule has 0 atom stereocenters. The van der Waals surface area contributed by atoms with Crippen molar-refractivity contribution < 1.29 is 0 Å². The number of thiocarbonyl (C=S) groups is 1. The van der Waals surface area contributed by atoms with Crippen molar-refractivity contribution in [3.05, 3.63) is 47.0 Å². The minimum atomic E-state index is 0.342. The number of benzene rings is 1. The van der Waals surface area contributed by atoms with Gasteiger partial charge in [-0.05, 0) is 11.6 Å². The van der Waals surface area contributed by atoms with Gasteiger partial charge in [-0.25, -0.2) is 9.67 Å². The van der Waals surface area contributed by atoms with Crippen molar-refractivity contribution in [2.24, 2.45) is 5.73 Å². The largest absolute Gasteiger partial charge is 0.389 e. The molecule has 0 saturated carbocycles. The Hall–Kier alpha value is -1.46. The van der Waals surface area contributed by atoms with Gasteiger partial charge in [0.2, 0.25) is 0 Å². The van der Waals surface area contributed by atoms with Crippen molar-refractivity contribution in [2.45, 2.75) is 6.54 Å². The van der Waals surface area contributed by atoms with Crippen LogP contribution in [0, 0.1) is 0 Å². The van der Waals surface area contributed by atoms with E-state index in [0.29, 0.717) is 16.6 Å². The van der Waals surface area contributed by atoms with Gasteiger partial charge in [0.05, 0.1) is 6.54 Å². The molecule has 0 bridgehead atoms. The maximum absolute atomic E-state index is 6.11. The molecule has 82 valence electrons. The number of nitrogens with two attached hydrogens (primary N) is 1. The molecule has 0 aliphatic heterocycles. The predicted molar refractivity (Wildman–Crippen MR) is 66.5 cm³/mol. The molecule has 0 radical (unpaired) electrons. The SMILES string of the molecule is NC(=S)c1ccc(Cn2cncn2)c(Cl)c1. The minimum absolute atomic E-state index is 0.342. The van der Waals surface area contributed by atoms with Gasteiger partial charge in [-0.15, -0.1) is 0 Å². The van der Waals surface area contributed by atoms with Crippen molar-refractivity contribution in [3.8, 4) is 0 Å². The summed E-state index contributed by atoms with van der Waals surface area (Å²) < 4.78 is 1.70. The molecule has 0 saturated heterocycles. The first kappa shape index (κ1) is 11.0. The molecule has 1 heterocycles. The van der Waals surface area contributed by atoms with E-state index >= 15 is 0 Å². The van der Waals surface area contributed by atoms with Crippen LogP contribution in [-0.2, 0) is 6.54 Å². The third-order valence-corrected chi connectivity index (χ3v) is 2.72. The average Bonchev–Trinajstić information content (AvgIpc) is 2.73. The number of aromatic nitrogens is 3. The summed E-state index contributed by atoms with van der Waals surface area (Å²) in [4.78, 5) is 4.20. The van der Waals surface area contributed by atoms with Crippen LogP contribution in [0.15, 0.2) is 30.9 Å². The maximum Gasteiger partial charge on any atom is 0.137 e. The first-order valence-corrected chi connectivity index (χ1v) is 5.36. The molecule has 0 fully saturated rings. The standard InChI is InChI=1S/C10H9ClN4S/c11-9-3-7(10(12)16)1-2-8(9)4-15-6-13-5-14-15/h1-3,5-6H,4H2,(H2,12,16). The Morgan fingerprint density at radius 1 is 1.50 bits per heavy atom. The van der Waals surface area contributed by atoms with E-state index in [1.54, 1.807) is 17.1 Å². The summed E-state index contributed by atoms with van der Waals surface area (Å²) in [6.45, 7) is 0.580. The molecule has 2 N–H and O–H groups in total. The van der Waals surface area contributed by atoms with E-state index in [-0.39, 0.29) is 0 Å². The van der Waals surface area contributed by atoms with Gasteiger partial charge in [0, 0.05) is 10.6 Å². The van der Waals surface area contributed by atoms with Gasteiger partial charge in [-0.1, -0.05) is 36.0 Å². The molecule has 1 aromatic carbocycles. The Kier molecular flexibility index (Phi) is 3.17. The molecule has 0 aliphatic rings. The second-order valence-corrected chi connectivity index (χ2v) is 4.11. The number of halogens is 1. The Morgan fingerprint density at radius 3 is 2.88 bits per heavy atom. The van der Waals surface area contributed by atoms with Crippen LogP contribution in [0.25, 0.3) is 0 Å². The average molecular weight is 253 g/mol. The Bertz CT molecular complexity index is 510. The number of hydrogen-bond donors (Lipinski definition) is 1. The minimum Gasteiger partial charge on any atom is -0.389 e. The lowest BCUT2D eigenvalue weighted by Crippen LogP contribution is -2.10. The van der Waals surface area contributed by atoms with E-state index in [1.807, 2.05) is 12.1 Å². The Balaban J connectivity index is 2.26. The quantitative estimate of drug-likeness (QED) is 0.844. The van der Waals surface area contributed by atoms with Gasteiger partial charge in [-0.3, -0.25) is 0 Å². The lowest BCUT2D eigenvalue weighted by molar-refractivity contribution is 0.685. The Morgan fingerprint density at radius 2 is 2.31 bits per heavy atom. The van der Waals surface area contributed by atoms with Gasteiger partial charge >= 0.3 is 0 Å². The number of hydrogen-bond acceptors (Lipinski definition) is 3. The first-order chi connectivity index (χ1) is 7.66. The zero-order valence-corrected chi connectivity index (χ0v) is 9.87. The topological polar surface area (TPSA) is 56.7 Å². The molecule has 0 amide bonds. The summed E-state index contributed by atoms with van der Waals surface area (Å²) in [5.41, 5.74) is 7.23. The highest BCUT2D eigenvalue weighted by Crippen LogP contribution is 2.18. The third-order valence-electron chi connectivity index (χ3n) is 2.14. The van der Waals surface area contributed by atoms with Crippen molar-refractivity contribution in [3.63, 3.8) is 0 Å².